The summed E-state index contributed by atoms with van der Waals surface area (Å²) in [7, 11) is 3.73. The first-order valence-corrected chi connectivity index (χ1v) is 6.17. The third-order valence-electron chi connectivity index (χ3n) is 3.27. The molecule has 5 heteroatoms. The number of nitrogens with one attached hydrogen (secondary N) is 2. The first-order chi connectivity index (χ1) is 8.60. The minimum Gasteiger partial charge on any atom is -0.399 e. The van der Waals surface area contributed by atoms with E-state index in [-0.39, 0.29) is 5.91 Å². The van der Waals surface area contributed by atoms with Crippen LogP contribution < -0.4 is 16.4 Å². The average Bonchev–Trinajstić information content (AvgIpc) is 2.74. The maximum atomic E-state index is 11.8. The maximum absolute atomic E-state index is 11.8. The predicted molar refractivity (Wildman–Crippen MR) is 73.8 cm³/mol. The Labute approximate surface area is 107 Å². The molecule has 18 heavy (non-hydrogen) atoms. The van der Waals surface area contributed by atoms with Crippen molar-refractivity contribution in [2.24, 2.45) is 0 Å². The average molecular weight is 248 g/mol. The van der Waals surface area contributed by atoms with E-state index in [4.69, 9.17) is 5.73 Å². The van der Waals surface area contributed by atoms with Gasteiger partial charge in [-0.3, -0.25) is 4.79 Å². The predicted octanol–water partition coefficient (Wildman–Crippen LogP) is 0.744. The quantitative estimate of drug-likeness (QED) is 0.690. The van der Waals surface area contributed by atoms with Crippen LogP contribution in [0.15, 0.2) is 18.2 Å². The van der Waals surface area contributed by atoms with E-state index < -0.39 is 0 Å². The molecule has 0 radical (unpaired) electrons. The fourth-order valence-corrected chi connectivity index (χ4v) is 2.29. The molecule has 0 spiro atoms. The molecule has 98 valence electrons. The van der Waals surface area contributed by atoms with Crippen molar-refractivity contribution in [3.63, 3.8) is 0 Å². The molecule has 2 rings (SSSR count). The van der Waals surface area contributed by atoms with E-state index in [1.807, 2.05) is 6.07 Å². The number of benzene rings is 1. The van der Waals surface area contributed by atoms with Crippen molar-refractivity contribution < 1.29 is 4.79 Å². The van der Waals surface area contributed by atoms with Gasteiger partial charge < -0.3 is 21.3 Å². The lowest BCUT2D eigenvalue weighted by Crippen LogP contribution is -2.26. The van der Waals surface area contributed by atoms with E-state index in [2.05, 4.69) is 22.6 Å². The van der Waals surface area contributed by atoms with Crippen LogP contribution >= 0.6 is 0 Å². The van der Waals surface area contributed by atoms with Crippen LogP contribution in [-0.2, 0) is 0 Å². The Morgan fingerprint density at radius 2 is 2.28 bits per heavy atom. The summed E-state index contributed by atoms with van der Waals surface area (Å²) in [5.41, 5.74) is 7.91. The van der Waals surface area contributed by atoms with Gasteiger partial charge in [0.05, 0.1) is 5.56 Å². The van der Waals surface area contributed by atoms with Gasteiger partial charge in [0.15, 0.2) is 0 Å². The van der Waals surface area contributed by atoms with Crippen molar-refractivity contribution in [2.75, 3.05) is 38.2 Å². The molecule has 1 fully saturated rings. The van der Waals surface area contributed by atoms with Crippen LogP contribution in [-0.4, -0.2) is 44.0 Å². The number of carbonyl (C=O) groups excluding carboxylic acids is 1. The van der Waals surface area contributed by atoms with Crippen LogP contribution in [0.5, 0.6) is 0 Å². The third-order valence-corrected chi connectivity index (χ3v) is 3.27. The minimum atomic E-state index is -0.0937. The molecule has 1 aliphatic heterocycles. The van der Waals surface area contributed by atoms with E-state index in [0.717, 1.165) is 25.2 Å². The molecular formula is C13H20N4O. The van der Waals surface area contributed by atoms with E-state index in [1.165, 1.54) is 0 Å². The van der Waals surface area contributed by atoms with Gasteiger partial charge in [-0.2, -0.15) is 0 Å². The molecule has 1 atom stereocenters. The molecule has 1 saturated heterocycles. The Morgan fingerprint density at radius 1 is 1.50 bits per heavy atom. The number of rotatable bonds is 3. The standard InChI is InChI=1S/C13H20N4O/c1-15-13(18)11-4-3-9(14)7-12(11)16-10-5-6-17(2)8-10/h3-4,7,10,16H,5-6,8,14H2,1-2H3,(H,15,18). The topological polar surface area (TPSA) is 70.4 Å². The second kappa shape index (κ2) is 5.27. The summed E-state index contributed by atoms with van der Waals surface area (Å²) in [5.74, 6) is -0.0937. The Bertz CT molecular complexity index is 447. The molecule has 0 bridgehead atoms. The lowest BCUT2D eigenvalue weighted by molar-refractivity contribution is 0.0964. The van der Waals surface area contributed by atoms with Crippen molar-refractivity contribution in [1.82, 2.24) is 10.2 Å². The second-order valence-corrected chi connectivity index (χ2v) is 4.78. The van der Waals surface area contributed by atoms with Crippen LogP contribution in [0.25, 0.3) is 0 Å². The van der Waals surface area contributed by atoms with Crippen molar-refractivity contribution >= 4 is 17.3 Å². The normalized spacial score (nSPS) is 19.8. The van der Waals surface area contributed by atoms with Crippen molar-refractivity contribution in [2.45, 2.75) is 12.5 Å². The summed E-state index contributed by atoms with van der Waals surface area (Å²) in [4.78, 5) is 14.0. The number of anilines is 2. The summed E-state index contributed by atoms with van der Waals surface area (Å²) < 4.78 is 0. The van der Waals surface area contributed by atoms with Crippen molar-refractivity contribution in [1.29, 1.82) is 0 Å². The zero-order chi connectivity index (χ0) is 13.1. The summed E-state index contributed by atoms with van der Waals surface area (Å²) >= 11 is 0. The van der Waals surface area contributed by atoms with Gasteiger partial charge in [-0.05, 0) is 38.2 Å². The van der Waals surface area contributed by atoms with Gasteiger partial charge in [0, 0.05) is 31.0 Å². The highest BCUT2D eigenvalue weighted by molar-refractivity contribution is 6.00. The monoisotopic (exact) mass is 248 g/mol. The first kappa shape index (κ1) is 12.7. The van der Waals surface area contributed by atoms with Crippen LogP contribution in [0, 0.1) is 0 Å². The molecule has 1 aromatic rings. The lowest BCUT2D eigenvalue weighted by atomic mass is 10.1. The SMILES string of the molecule is CNC(=O)c1ccc(N)cc1NC1CCN(C)C1. The van der Waals surface area contributed by atoms with Gasteiger partial charge in [0.1, 0.15) is 0 Å². The lowest BCUT2D eigenvalue weighted by Gasteiger charge is -2.17. The highest BCUT2D eigenvalue weighted by atomic mass is 16.1. The number of amides is 1. The Balaban J connectivity index is 2.19. The summed E-state index contributed by atoms with van der Waals surface area (Å²) in [6.45, 7) is 2.07. The number of likely N-dealkylation sites (N-methyl/N-ethyl adjacent to an activating group) is 1. The van der Waals surface area contributed by atoms with Crippen LogP contribution in [0.1, 0.15) is 16.8 Å². The van der Waals surface area contributed by atoms with Gasteiger partial charge in [-0.1, -0.05) is 0 Å². The fraction of sp³-hybridized carbons (Fsp3) is 0.462. The van der Waals surface area contributed by atoms with E-state index in [1.54, 1.807) is 19.2 Å². The van der Waals surface area contributed by atoms with Crippen LogP contribution in [0.4, 0.5) is 11.4 Å². The largest absolute Gasteiger partial charge is 0.399 e. The summed E-state index contributed by atoms with van der Waals surface area (Å²) in [5, 5.41) is 6.06. The van der Waals surface area contributed by atoms with Gasteiger partial charge in [0.2, 0.25) is 0 Å². The van der Waals surface area contributed by atoms with Crippen molar-refractivity contribution in [3.8, 4) is 0 Å². The fourth-order valence-electron chi connectivity index (χ4n) is 2.29. The molecule has 1 heterocycles. The molecular weight excluding hydrogens is 228 g/mol. The number of nitrogen functional groups attached to an aromatic ring is 1. The number of hydrogen-bond acceptors (Lipinski definition) is 4. The number of nitrogens with zero attached hydrogens (tertiary/aromatic N) is 1. The Kier molecular flexibility index (Phi) is 3.72. The smallest absolute Gasteiger partial charge is 0.253 e. The minimum absolute atomic E-state index is 0.0937. The Hall–Kier alpha value is -1.75. The highest BCUT2D eigenvalue weighted by Gasteiger charge is 2.21. The number of nitrogens with two attached hydrogens (primary N) is 1. The number of likely N-dealkylation sites (tertiary alicyclic amines) is 1. The van der Waals surface area contributed by atoms with Crippen LogP contribution in [0.3, 0.4) is 0 Å². The van der Waals surface area contributed by atoms with E-state index >= 15 is 0 Å². The zero-order valence-corrected chi connectivity index (χ0v) is 10.9. The first-order valence-electron chi connectivity index (χ1n) is 6.17. The zero-order valence-electron chi connectivity index (χ0n) is 10.9. The molecule has 1 unspecified atom stereocenters. The molecule has 0 aromatic heterocycles. The van der Waals surface area contributed by atoms with Gasteiger partial charge >= 0.3 is 0 Å². The second-order valence-electron chi connectivity index (χ2n) is 4.78. The number of hydrogen-bond donors (Lipinski definition) is 3. The molecule has 0 aliphatic carbocycles. The molecule has 1 aliphatic rings. The van der Waals surface area contributed by atoms with E-state index in [0.29, 0.717) is 17.3 Å². The third kappa shape index (κ3) is 2.73. The maximum Gasteiger partial charge on any atom is 0.253 e. The highest BCUT2D eigenvalue weighted by Crippen LogP contribution is 2.22. The summed E-state index contributed by atoms with van der Waals surface area (Å²) in [6.07, 6.45) is 1.08. The molecule has 4 N–H and O–H groups in total. The Morgan fingerprint density at radius 3 is 2.89 bits per heavy atom. The van der Waals surface area contributed by atoms with E-state index in [9.17, 15) is 4.79 Å². The molecule has 0 saturated carbocycles. The van der Waals surface area contributed by atoms with Gasteiger partial charge in [0.25, 0.3) is 5.91 Å². The van der Waals surface area contributed by atoms with Crippen molar-refractivity contribution in [3.05, 3.63) is 23.8 Å². The summed E-state index contributed by atoms with van der Waals surface area (Å²) in [6, 6.07) is 5.70. The van der Waals surface area contributed by atoms with Gasteiger partial charge in [-0.25, -0.2) is 0 Å². The molecule has 1 amide bonds. The van der Waals surface area contributed by atoms with Crippen LogP contribution in [0.2, 0.25) is 0 Å². The molecule has 1 aromatic carbocycles. The number of carbonyl (C=O) groups is 1. The van der Waals surface area contributed by atoms with Gasteiger partial charge in [-0.15, -0.1) is 0 Å². The molecule has 5 nitrogen and oxygen atoms in total.